The zero-order valence-electron chi connectivity index (χ0n) is 8.31. The Kier molecular flexibility index (Phi) is 6.87. The molecule has 1 unspecified atom stereocenters. The van der Waals surface area contributed by atoms with Crippen molar-refractivity contribution in [3.8, 4) is 0 Å². The molecule has 1 N–H and O–H groups in total. The Morgan fingerprint density at radius 3 is 2.33 bits per heavy atom. The molecule has 74 valence electrons. The van der Waals surface area contributed by atoms with E-state index in [1.165, 1.54) is 38.5 Å². The molecule has 12 heavy (non-hydrogen) atoms. The standard InChI is InChI=1S/C10H21N.ClH/c1-9(11-2)8-10-6-4-3-5-7-10;/h9-11H,3-8H2,1-2H3;1H. The quantitative estimate of drug-likeness (QED) is 0.724. The first-order valence-corrected chi connectivity index (χ1v) is 5.00. The van der Waals surface area contributed by atoms with E-state index in [2.05, 4.69) is 19.3 Å². The van der Waals surface area contributed by atoms with Gasteiger partial charge in [-0.05, 0) is 26.3 Å². The summed E-state index contributed by atoms with van der Waals surface area (Å²) in [5.74, 6) is 1.02. The van der Waals surface area contributed by atoms with Crippen LogP contribution in [0.5, 0.6) is 0 Å². The smallest absolute Gasteiger partial charge is 0.00383 e. The molecule has 0 aromatic heterocycles. The summed E-state index contributed by atoms with van der Waals surface area (Å²) in [5, 5.41) is 3.31. The molecule has 0 aromatic carbocycles. The first-order chi connectivity index (χ1) is 5.33. The predicted molar refractivity (Wildman–Crippen MR) is 57.0 cm³/mol. The summed E-state index contributed by atoms with van der Waals surface area (Å²) in [5.41, 5.74) is 0. The van der Waals surface area contributed by atoms with E-state index >= 15 is 0 Å². The lowest BCUT2D eigenvalue weighted by Crippen LogP contribution is -2.25. The third kappa shape index (κ3) is 4.32. The van der Waals surface area contributed by atoms with Gasteiger partial charge in [0.25, 0.3) is 0 Å². The van der Waals surface area contributed by atoms with Crippen molar-refractivity contribution >= 4 is 12.4 Å². The van der Waals surface area contributed by atoms with Crippen molar-refractivity contribution in [2.75, 3.05) is 7.05 Å². The molecule has 1 atom stereocenters. The first-order valence-electron chi connectivity index (χ1n) is 5.00. The van der Waals surface area contributed by atoms with Crippen molar-refractivity contribution in [2.24, 2.45) is 5.92 Å². The summed E-state index contributed by atoms with van der Waals surface area (Å²) in [4.78, 5) is 0. The maximum Gasteiger partial charge on any atom is 0.00383 e. The zero-order chi connectivity index (χ0) is 8.10. The average Bonchev–Trinajstić information content (AvgIpc) is 2.06. The number of hydrogen-bond donors (Lipinski definition) is 1. The molecule has 0 amide bonds. The van der Waals surface area contributed by atoms with Gasteiger partial charge in [0.2, 0.25) is 0 Å². The molecule has 1 fully saturated rings. The van der Waals surface area contributed by atoms with Gasteiger partial charge in [-0.15, -0.1) is 12.4 Å². The van der Waals surface area contributed by atoms with Crippen LogP contribution in [0.4, 0.5) is 0 Å². The summed E-state index contributed by atoms with van der Waals surface area (Å²) >= 11 is 0. The normalized spacial score (nSPS) is 21.5. The lowest BCUT2D eigenvalue weighted by atomic mass is 9.85. The summed E-state index contributed by atoms with van der Waals surface area (Å²) < 4.78 is 0. The van der Waals surface area contributed by atoms with E-state index in [0.29, 0.717) is 0 Å². The van der Waals surface area contributed by atoms with Crippen LogP contribution < -0.4 is 5.32 Å². The van der Waals surface area contributed by atoms with Gasteiger partial charge in [0.1, 0.15) is 0 Å². The molecule has 0 radical (unpaired) electrons. The molecular weight excluding hydrogens is 170 g/mol. The summed E-state index contributed by atoms with van der Waals surface area (Å²) in [7, 11) is 2.06. The van der Waals surface area contributed by atoms with Crippen LogP contribution in [0.3, 0.4) is 0 Å². The Balaban J connectivity index is 0.00000121. The van der Waals surface area contributed by atoms with Gasteiger partial charge in [0.15, 0.2) is 0 Å². The highest BCUT2D eigenvalue weighted by Crippen LogP contribution is 2.26. The van der Waals surface area contributed by atoms with Crippen molar-refractivity contribution in [1.82, 2.24) is 5.32 Å². The summed E-state index contributed by atoms with van der Waals surface area (Å²) in [6, 6.07) is 0.720. The molecule has 0 spiro atoms. The summed E-state index contributed by atoms with van der Waals surface area (Å²) in [6.07, 6.45) is 8.77. The maximum absolute atomic E-state index is 3.31. The number of hydrogen-bond acceptors (Lipinski definition) is 1. The Morgan fingerprint density at radius 2 is 1.83 bits per heavy atom. The fourth-order valence-electron chi connectivity index (χ4n) is 2.04. The van der Waals surface area contributed by atoms with Crippen LogP contribution in [0.15, 0.2) is 0 Å². The highest BCUT2D eigenvalue weighted by atomic mass is 35.5. The van der Waals surface area contributed by atoms with Crippen LogP contribution in [-0.4, -0.2) is 13.1 Å². The molecule has 0 saturated heterocycles. The fourth-order valence-corrected chi connectivity index (χ4v) is 2.04. The van der Waals surface area contributed by atoms with Crippen LogP contribution in [0.2, 0.25) is 0 Å². The Labute approximate surface area is 82.7 Å². The highest BCUT2D eigenvalue weighted by molar-refractivity contribution is 5.85. The number of nitrogens with one attached hydrogen (secondary N) is 1. The minimum absolute atomic E-state index is 0. The third-order valence-electron chi connectivity index (χ3n) is 2.90. The van der Waals surface area contributed by atoms with Crippen LogP contribution >= 0.6 is 12.4 Å². The van der Waals surface area contributed by atoms with Gasteiger partial charge in [-0.25, -0.2) is 0 Å². The Bertz CT molecular complexity index is 100. The van der Waals surface area contributed by atoms with Crippen LogP contribution in [0, 0.1) is 5.92 Å². The van der Waals surface area contributed by atoms with E-state index in [-0.39, 0.29) is 12.4 Å². The third-order valence-corrected chi connectivity index (χ3v) is 2.90. The molecule has 2 heteroatoms. The van der Waals surface area contributed by atoms with Gasteiger partial charge in [-0.1, -0.05) is 32.1 Å². The predicted octanol–water partition coefficient (Wildman–Crippen LogP) is 2.99. The van der Waals surface area contributed by atoms with Gasteiger partial charge in [-0.2, -0.15) is 0 Å². The van der Waals surface area contributed by atoms with Crippen molar-refractivity contribution in [2.45, 2.75) is 51.5 Å². The zero-order valence-corrected chi connectivity index (χ0v) is 9.12. The van der Waals surface area contributed by atoms with E-state index < -0.39 is 0 Å². The van der Waals surface area contributed by atoms with E-state index in [1.54, 1.807) is 0 Å². The minimum Gasteiger partial charge on any atom is -0.317 e. The van der Waals surface area contributed by atoms with Crippen LogP contribution in [-0.2, 0) is 0 Å². The lowest BCUT2D eigenvalue weighted by Gasteiger charge is -2.24. The molecule has 1 nitrogen and oxygen atoms in total. The second-order valence-corrected chi connectivity index (χ2v) is 3.93. The monoisotopic (exact) mass is 191 g/mol. The first kappa shape index (κ1) is 12.2. The Hall–Kier alpha value is 0.250. The molecule has 1 saturated carbocycles. The molecule has 1 aliphatic carbocycles. The van der Waals surface area contributed by atoms with E-state index in [0.717, 1.165) is 12.0 Å². The van der Waals surface area contributed by atoms with Crippen LogP contribution in [0.25, 0.3) is 0 Å². The molecular formula is C10H22ClN. The van der Waals surface area contributed by atoms with E-state index in [4.69, 9.17) is 0 Å². The molecule has 0 aliphatic heterocycles. The van der Waals surface area contributed by atoms with Gasteiger partial charge in [0.05, 0.1) is 0 Å². The van der Waals surface area contributed by atoms with E-state index in [1.807, 2.05) is 0 Å². The second kappa shape index (κ2) is 6.73. The maximum atomic E-state index is 3.31. The lowest BCUT2D eigenvalue weighted by molar-refractivity contribution is 0.311. The van der Waals surface area contributed by atoms with Crippen LogP contribution in [0.1, 0.15) is 45.4 Å². The van der Waals surface area contributed by atoms with Crippen molar-refractivity contribution < 1.29 is 0 Å². The van der Waals surface area contributed by atoms with E-state index in [9.17, 15) is 0 Å². The molecule has 1 aliphatic rings. The largest absolute Gasteiger partial charge is 0.317 e. The number of halogens is 1. The second-order valence-electron chi connectivity index (χ2n) is 3.93. The van der Waals surface area contributed by atoms with Gasteiger partial charge >= 0.3 is 0 Å². The molecule has 1 rings (SSSR count). The highest BCUT2D eigenvalue weighted by Gasteiger charge is 2.14. The SMILES string of the molecule is CNC(C)CC1CCCCC1.Cl. The van der Waals surface area contributed by atoms with Gasteiger partial charge in [0, 0.05) is 6.04 Å². The van der Waals surface area contributed by atoms with Gasteiger partial charge < -0.3 is 5.32 Å². The minimum atomic E-state index is 0. The van der Waals surface area contributed by atoms with Gasteiger partial charge in [-0.3, -0.25) is 0 Å². The molecule has 0 bridgehead atoms. The van der Waals surface area contributed by atoms with Crippen molar-refractivity contribution in [1.29, 1.82) is 0 Å². The van der Waals surface area contributed by atoms with Crippen molar-refractivity contribution in [3.63, 3.8) is 0 Å². The molecule has 0 heterocycles. The average molecular weight is 192 g/mol. The number of rotatable bonds is 3. The van der Waals surface area contributed by atoms with Crippen molar-refractivity contribution in [3.05, 3.63) is 0 Å². The topological polar surface area (TPSA) is 12.0 Å². The molecule has 0 aromatic rings. The fraction of sp³-hybridized carbons (Fsp3) is 1.00. The summed E-state index contributed by atoms with van der Waals surface area (Å²) in [6.45, 7) is 2.29. The Morgan fingerprint density at radius 1 is 1.25 bits per heavy atom.